The average Bonchev–Trinajstić information content (AvgIpc) is 2.66. The third-order valence-corrected chi connectivity index (χ3v) is 3.59. The van der Waals surface area contributed by atoms with Crippen LogP contribution in [0.4, 0.5) is 0 Å². The maximum absolute atomic E-state index is 11.8. The zero-order valence-electron chi connectivity index (χ0n) is 14.0. The number of esters is 1. The minimum atomic E-state index is -1.40. The number of carbonyl (C=O) groups excluding carboxylic acids is 2. The van der Waals surface area contributed by atoms with Crippen LogP contribution in [0, 0.1) is 0 Å². The number of hydrogen-bond donors (Lipinski definition) is 2. The van der Waals surface area contributed by atoms with Crippen LogP contribution in [0.5, 0.6) is 5.75 Å². The standard InChI is InChI=1S/C19H21NO5/c1-24-16-10-6-5-7-14(16)11-12-20-17(21)13-25-19(23)18(22)15-8-3-2-4-9-15/h2-10,18,22H,11-13H2,1H3,(H,20,21)/t18-/m0/s1. The Bertz CT molecular complexity index is 702. The van der Waals surface area contributed by atoms with Gasteiger partial charge in [0.05, 0.1) is 7.11 Å². The van der Waals surface area contributed by atoms with Crippen molar-refractivity contribution in [1.82, 2.24) is 5.32 Å². The van der Waals surface area contributed by atoms with E-state index >= 15 is 0 Å². The molecule has 2 rings (SSSR count). The van der Waals surface area contributed by atoms with Crippen molar-refractivity contribution in [3.63, 3.8) is 0 Å². The lowest BCUT2D eigenvalue weighted by atomic mass is 10.1. The molecule has 0 aliphatic heterocycles. The summed E-state index contributed by atoms with van der Waals surface area (Å²) in [4.78, 5) is 23.5. The molecule has 2 aromatic carbocycles. The first-order valence-electron chi connectivity index (χ1n) is 7.90. The summed E-state index contributed by atoms with van der Waals surface area (Å²) in [5.41, 5.74) is 1.39. The van der Waals surface area contributed by atoms with Crippen molar-refractivity contribution >= 4 is 11.9 Å². The molecule has 0 unspecified atom stereocenters. The second-order valence-corrected chi connectivity index (χ2v) is 5.33. The van der Waals surface area contributed by atoms with Crippen LogP contribution in [0.3, 0.4) is 0 Å². The van der Waals surface area contributed by atoms with Crippen LogP contribution >= 0.6 is 0 Å². The number of ether oxygens (including phenoxy) is 2. The summed E-state index contributed by atoms with van der Waals surface area (Å²) in [6.45, 7) is -0.0490. The van der Waals surface area contributed by atoms with Crippen LogP contribution in [0.15, 0.2) is 54.6 Å². The number of benzene rings is 2. The van der Waals surface area contributed by atoms with E-state index in [4.69, 9.17) is 9.47 Å². The molecule has 132 valence electrons. The molecule has 25 heavy (non-hydrogen) atoms. The summed E-state index contributed by atoms with van der Waals surface area (Å²) in [7, 11) is 1.59. The maximum Gasteiger partial charge on any atom is 0.340 e. The SMILES string of the molecule is COc1ccccc1CCNC(=O)COC(=O)[C@@H](O)c1ccccc1. The van der Waals surface area contributed by atoms with Gasteiger partial charge in [-0.3, -0.25) is 4.79 Å². The summed E-state index contributed by atoms with van der Waals surface area (Å²) in [5, 5.41) is 12.5. The molecule has 0 heterocycles. The molecule has 0 saturated carbocycles. The van der Waals surface area contributed by atoms with Crippen LogP contribution in [0.2, 0.25) is 0 Å². The Hall–Kier alpha value is -2.86. The molecule has 0 bridgehead atoms. The van der Waals surface area contributed by atoms with E-state index in [1.807, 2.05) is 24.3 Å². The van der Waals surface area contributed by atoms with Crippen molar-refractivity contribution in [1.29, 1.82) is 0 Å². The van der Waals surface area contributed by atoms with Gasteiger partial charge in [-0.05, 0) is 23.6 Å². The van der Waals surface area contributed by atoms with E-state index in [9.17, 15) is 14.7 Å². The number of aliphatic hydroxyl groups excluding tert-OH is 1. The first kappa shape index (κ1) is 18.5. The third kappa shape index (κ3) is 5.61. The highest BCUT2D eigenvalue weighted by Crippen LogP contribution is 2.17. The minimum Gasteiger partial charge on any atom is -0.496 e. The molecular formula is C19H21NO5. The van der Waals surface area contributed by atoms with Crippen LogP contribution in [0.25, 0.3) is 0 Å². The van der Waals surface area contributed by atoms with Crippen molar-refractivity contribution in [3.8, 4) is 5.75 Å². The fraction of sp³-hybridized carbons (Fsp3) is 0.263. The summed E-state index contributed by atoms with van der Waals surface area (Å²) in [6.07, 6.45) is -0.807. The fourth-order valence-corrected chi connectivity index (χ4v) is 2.28. The molecular weight excluding hydrogens is 322 g/mol. The second-order valence-electron chi connectivity index (χ2n) is 5.33. The highest BCUT2D eigenvalue weighted by Gasteiger charge is 2.19. The Morgan fingerprint density at radius 1 is 1.08 bits per heavy atom. The topological polar surface area (TPSA) is 84.9 Å². The van der Waals surface area contributed by atoms with Crippen molar-refractivity contribution in [2.75, 3.05) is 20.3 Å². The lowest BCUT2D eigenvalue weighted by Crippen LogP contribution is -2.31. The monoisotopic (exact) mass is 343 g/mol. The Labute approximate surface area is 146 Å². The lowest BCUT2D eigenvalue weighted by molar-refractivity contribution is -0.157. The molecule has 2 aromatic rings. The number of nitrogens with one attached hydrogen (secondary N) is 1. The molecule has 0 aliphatic rings. The number of rotatable bonds is 8. The highest BCUT2D eigenvalue weighted by molar-refractivity contribution is 5.82. The van der Waals surface area contributed by atoms with Gasteiger partial charge in [0.25, 0.3) is 5.91 Å². The van der Waals surface area contributed by atoms with E-state index in [1.54, 1.807) is 37.4 Å². The van der Waals surface area contributed by atoms with Crippen molar-refractivity contribution < 1.29 is 24.2 Å². The molecule has 1 amide bonds. The van der Waals surface area contributed by atoms with Crippen LogP contribution in [-0.2, 0) is 20.7 Å². The van der Waals surface area contributed by atoms with Gasteiger partial charge in [0, 0.05) is 6.54 Å². The Morgan fingerprint density at radius 2 is 1.76 bits per heavy atom. The molecule has 0 aromatic heterocycles. The Morgan fingerprint density at radius 3 is 2.48 bits per heavy atom. The van der Waals surface area contributed by atoms with E-state index in [-0.39, 0.29) is 0 Å². The molecule has 0 spiro atoms. The van der Waals surface area contributed by atoms with Crippen LogP contribution in [-0.4, -0.2) is 37.2 Å². The summed E-state index contributed by atoms with van der Waals surface area (Å²) >= 11 is 0. The number of hydrogen-bond acceptors (Lipinski definition) is 5. The van der Waals surface area contributed by atoms with E-state index in [0.29, 0.717) is 18.5 Å². The normalized spacial score (nSPS) is 11.4. The molecule has 2 N–H and O–H groups in total. The fourth-order valence-electron chi connectivity index (χ4n) is 2.28. The van der Waals surface area contributed by atoms with Gasteiger partial charge in [-0.1, -0.05) is 48.5 Å². The van der Waals surface area contributed by atoms with Gasteiger partial charge in [0.15, 0.2) is 12.7 Å². The predicted molar refractivity (Wildman–Crippen MR) is 92.1 cm³/mol. The summed E-state index contributed by atoms with van der Waals surface area (Å²) in [5.74, 6) is -0.524. The van der Waals surface area contributed by atoms with E-state index in [0.717, 1.165) is 11.3 Å². The van der Waals surface area contributed by atoms with Crippen LogP contribution in [0.1, 0.15) is 17.2 Å². The van der Waals surface area contributed by atoms with Crippen molar-refractivity contribution in [3.05, 3.63) is 65.7 Å². The van der Waals surface area contributed by atoms with Gasteiger partial charge < -0.3 is 19.9 Å². The molecule has 0 aliphatic carbocycles. The van der Waals surface area contributed by atoms with Crippen molar-refractivity contribution in [2.45, 2.75) is 12.5 Å². The average molecular weight is 343 g/mol. The predicted octanol–water partition coefficient (Wildman–Crippen LogP) is 1.63. The van der Waals surface area contributed by atoms with E-state index < -0.39 is 24.6 Å². The van der Waals surface area contributed by atoms with Gasteiger partial charge in [-0.2, -0.15) is 0 Å². The van der Waals surface area contributed by atoms with Gasteiger partial charge in [-0.25, -0.2) is 4.79 Å². The highest BCUT2D eigenvalue weighted by atomic mass is 16.5. The molecule has 0 radical (unpaired) electrons. The zero-order valence-corrected chi connectivity index (χ0v) is 14.0. The first-order valence-corrected chi connectivity index (χ1v) is 7.90. The quantitative estimate of drug-likeness (QED) is 0.712. The number of amides is 1. The van der Waals surface area contributed by atoms with E-state index in [1.165, 1.54) is 0 Å². The third-order valence-electron chi connectivity index (χ3n) is 3.59. The van der Waals surface area contributed by atoms with Gasteiger partial charge in [0.2, 0.25) is 0 Å². The number of methoxy groups -OCH3 is 1. The Kier molecular flexibility index (Phi) is 6.98. The number of aliphatic hydroxyl groups is 1. The van der Waals surface area contributed by atoms with Crippen molar-refractivity contribution in [2.24, 2.45) is 0 Å². The van der Waals surface area contributed by atoms with Gasteiger partial charge in [-0.15, -0.1) is 0 Å². The maximum atomic E-state index is 11.8. The second kappa shape index (κ2) is 9.44. The van der Waals surface area contributed by atoms with E-state index in [2.05, 4.69) is 5.32 Å². The smallest absolute Gasteiger partial charge is 0.340 e. The summed E-state index contributed by atoms with van der Waals surface area (Å²) in [6, 6.07) is 15.9. The lowest BCUT2D eigenvalue weighted by Gasteiger charge is -2.11. The van der Waals surface area contributed by atoms with Gasteiger partial charge in [0.1, 0.15) is 5.75 Å². The molecule has 6 nitrogen and oxygen atoms in total. The minimum absolute atomic E-state index is 0.387. The molecule has 6 heteroatoms. The summed E-state index contributed by atoms with van der Waals surface area (Å²) < 4.78 is 10.1. The largest absolute Gasteiger partial charge is 0.496 e. The van der Waals surface area contributed by atoms with Gasteiger partial charge >= 0.3 is 5.97 Å². The first-order chi connectivity index (χ1) is 12.1. The van der Waals surface area contributed by atoms with Crippen LogP contribution < -0.4 is 10.1 Å². The number of para-hydroxylation sites is 1. The molecule has 0 fully saturated rings. The molecule has 0 saturated heterocycles. The zero-order chi connectivity index (χ0) is 18.1. The molecule has 1 atom stereocenters. The number of carbonyl (C=O) groups is 2. The Balaban J connectivity index is 1.72.